The van der Waals surface area contributed by atoms with Gasteiger partial charge in [0.15, 0.2) is 0 Å². The number of rotatable bonds is 4. The van der Waals surface area contributed by atoms with Crippen LogP contribution in [0.4, 0.5) is 0 Å². The van der Waals surface area contributed by atoms with Gasteiger partial charge in [0.2, 0.25) is 0 Å². The Morgan fingerprint density at radius 2 is 1.67 bits per heavy atom. The summed E-state index contributed by atoms with van der Waals surface area (Å²) >= 11 is 0. The zero-order valence-electron chi connectivity index (χ0n) is 12.8. The van der Waals surface area contributed by atoms with Crippen LogP contribution < -0.4 is 0 Å². The summed E-state index contributed by atoms with van der Waals surface area (Å²) in [5.74, 6) is -1.47. The van der Waals surface area contributed by atoms with Crippen molar-refractivity contribution in [1.82, 2.24) is 5.06 Å². The van der Waals surface area contributed by atoms with E-state index in [0.717, 1.165) is 11.1 Å². The molecule has 6 heteroatoms. The number of amides is 2. The molecule has 24 heavy (non-hydrogen) atoms. The van der Waals surface area contributed by atoms with Crippen LogP contribution in [0.25, 0.3) is 11.1 Å². The third kappa shape index (κ3) is 3.43. The number of phenolic OH excluding ortho intramolecular Hbond substituents is 1. The average molecular weight is 325 g/mol. The minimum absolute atomic E-state index is 0.0443. The fraction of sp³-hybridized carbons (Fsp3) is 0.167. The van der Waals surface area contributed by atoms with E-state index in [1.54, 1.807) is 30.3 Å². The van der Waals surface area contributed by atoms with E-state index >= 15 is 0 Å². The Hall–Kier alpha value is -3.15. The first-order valence-corrected chi connectivity index (χ1v) is 7.48. The molecule has 0 bridgehead atoms. The number of carbonyl (C=O) groups is 3. The van der Waals surface area contributed by atoms with Crippen LogP contribution in [0.2, 0.25) is 0 Å². The summed E-state index contributed by atoms with van der Waals surface area (Å²) in [4.78, 5) is 39.5. The Labute approximate surface area is 138 Å². The number of hydrogen-bond donors (Lipinski definition) is 1. The Morgan fingerprint density at radius 3 is 2.29 bits per heavy atom. The molecular formula is C18H15NO5. The second kappa shape index (κ2) is 6.54. The van der Waals surface area contributed by atoms with Crippen LogP contribution in [0, 0.1) is 0 Å². The molecule has 2 aromatic carbocycles. The van der Waals surface area contributed by atoms with Gasteiger partial charge in [-0.15, -0.1) is 5.06 Å². The molecule has 1 aliphatic rings. The molecule has 0 aromatic heterocycles. The van der Waals surface area contributed by atoms with Gasteiger partial charge in [-0.3, -0.25) is 9.59 Å². The van der Waals surface area contributed by atoms with Crippen molar-refractivity contribution in [3.8, 4) is 16.9 Å². The molecule has 1 N–H and O–H groups in total. The van der Waals surface area contributed by atoms with Crippen molar-refractivity contribution >= 4 is 17.8 Å². The monoisotopic (exact) mass is 325 g/mol. The summed E-state index contributed by atoms with van der Waals surface area (Å²) in [6.45, 7) is 0. The van der Waals surface area contributed by atoms with Crippen molar-refractivity contribution in [3.05, 3.63) is 54.1 Å². The standard InChI is InChI=1S/C18H15NO5/c20-15-3-1-2-14(11-15)13-6-4-12(5-7-13)10-18(23)24-19-16(21)8-9-17(19)22/h1-7,11,20H,8-10H2. The summed E-state index contributed by atoms with van der Waals surface area (Å²) < 4.78 is 0. The molecule has 6 nitrogen and oxygen atoms in total. The first-order chi connectivity index (χ1) is 11.5. The lowest BCUT2D eigenvalue weighted by Gasteiger charge is -2.12. The first-order valence-electron chi connectivity index (χ1n) is 7.48. The fourth-order valence-electron chi connectivity index (χ4n) is 2.46. The number of carbonyl (C=O) groups excluding carboxylic acids is 3. The van der Waals surface area contributed by atoms with Crippen molar-refractivity contribution < 1.29 is 24.3 Å². The highest BCUT2D eigenvalue weighted by Gasteiger charge is 2.32. The molecule has 0 atom stereocenters. The molecule has 1 saturated heterocycles. The second-order valence-electron chi connectivity index (χ2n) is 5.47. The SMILES string of the molecule is O=C(Cc1ccc(-c2cccc(O)c2)cc1)ON1C(=O)CCC1=O. The van der Waals surface area contributed by atoms with Crippen molar-refractivity contribution in [3.63, 3.8) is 0 Å². The van der Waals surface area contributed by atoms with Crippen LogP contribution in [0.3, 0.4) is 0 Å². The van der Waals surface area contributed by atoms with Gasteiger partial charge in [0.05, 0.1) is 6.42 Å². The topological polar surface area (TPSA) is 83.9 Å². The second-order valence-corrected chi connectivity index (χ2v) is 5.47. The Bertz CT molecular complexity index is 781. The molecule has 1 aliphatic heterocycles. The smallest absolute Gasteiger partial charge is 0.337 e. The van der Waals surface area contributed by atoms with Crippen LogP contribution in [0.5, 0.6) is 5.75 Å². The number of aromatic hydroxyl groups is 1. The van der Waals surface area contributed by atoms with Crippen LogP contribution in [-0.2, 0) is 25.6 Å². The quantitative estimate of drug-likeness (QED) is 0.871. The number of hydrogen-bond acceptors (Lipinski definition) is 5. The Balaban J connectivity index is 1.65. The number of phenols is 1. The number of hydroxylamine groups is 2. The zero-order chi connectivity index (χ0) is 17.1. The molecule has 3 rings (SSSR count). The van der Waals surface area contributed by atoms with Gasteiger partial charge in [-0.1, -0.05) is 36.4 Å². The van der Waals surface area contributed by atoms with Crippen LogP contribution >= 0.6 is 0 Å². The van der Waals surface area contributed by atoms with Gasteiger partial charge in [0.1, 0.15) is 5.75 Å². The van der Waals surface area contributed by atoms with Gasteiger partial charge in [-0.05, 0) is 28.8 Å². The summed E-state index contributed by atoms with van der Waals surface area (Å²) in [5.41, 5.74) is 2.45. The van der Waals surface area contributed by atoms with Crippen molar-refractivity contribution in [2.24, 2.45) is 0 Å². The van der Waals surface area contributed by atoms with Gasteiger partial charge in [-0.25, -0.2) is 4.79 Å². The molecule has 0 unspecified atom stereocenters. The highest BCUT2D eigenvalue weighted by Crippen LogP contribution is 2.23. The summed E-state index contributed by atoms with van der Waals surface area (Å²) in [6.07, 6.45) is 0.104. The lowest BCUT2D eigenvalue weighted by molar-refractivity contribution is -0.197. The molecule has 1 heterocycles. The Morgan fingerprint density at radius 1 is 1.00 bits per heavy atom. The maximum atomic E-state index is 11.9. The predicted molar refractivity (Wildman–Crippen MR) is 84.4 cm³/mol. The molecule has 1 fully saturated rings. The number of benzene rings is 2. The first kappa shape index (κ1) is 15.7. The lowest BCUT2D eigenvalue weighted by Crippen LogP contribution is -2.32. The molecule has 0 radical (unpaired) electrons. The van der Waals surface area contributed by atoms with Gasteiger partial charge in [0, 0.05) is 12.8 Å². The zero-order valence-corrected chi connectivity index (χ0v) is 12.8. The third-order valence-corrected chi connectivity index (χ3v) is 3.68. The Kier molecular flexibility index (Phi) is 4.29. The largest absolute Gasteiger partial charge is 0.508 e. The van der Waals surface area contributed by atoms with E-state index in [-0.39, 0.29) is 25.0 Å². The number of imide groups is 1. The van der Waals surface area contributed by atoms with E-state index in [4.69, 9.17) is 4.84 Å². The highest BCUT2D eigenvalue weighted by molar-refractivity contribution is 6.01. The highest BCUT2D eigenvalue weighted by atomic mass is 16.7. The molecule has 2 aromatic rings. The maximum Gasteiger partial charge on any atom is 0.337 e. The normalized spacial score (nSPS) is 14.1. The summed E-state index contributed by atoms with van der Waals surface area (Å²) in [7, 11) is 0. The van der Waals surface area contributed by atoms with Crippen LogP contribution in [0.1, 0.15) is 18.4 Å². The molecule has 0 spiro atoms. The molecule has 2 amide bonds. The van der Waals surface area contributed by atoms with E-state index in [9.17, 15) is 19.5 Å². The van der Waals surface area contributed by atoms with Crippen molar-refractivity contribution in [2.45, 2.75) is 19.3 Å². The van der Waals surface area contributed by atoms with Crippen molar-refractivity contribution in [1.29, 1.82) is 0 Å². The minimum Gasteiger partial charge on any atom is -0.508 e. The molecule has 122 valence electrons. The van der Waals surface area contributed by atoms with Gasteiger partial charge < -0.3 is 9.94 Å². The van der Waals surface area contributed by atoms with Gasteiger partial charge in [0.25, 0.3) is 11.8 Å². The summed E-state index contributed by atoms with van der Waals surface area (Å²) in [6, 6.07) is 14.0. The van der Waals surface area contributed by atoms with Gasteiger partial charge in [-0.2, -0.15) is 0 Å². The molecular weight excluding hydrogens is 310 g/mol. The molecule has 0 aliphatic carbocycles. The molecule has 0 saturated carbocycles. The minimum atomic E-state index is -0.663. The third-order valence-electron chi connectivity index (χ3n) is 3.68. The van der Waals surface area contributed by atoms with Gasteiger partial charge >= 0.3 is 5.97 Å². The van der Waals surface area contributed by atoms with E-state index in [1.807, 2.05) is 18.2 Å². The van der Waals surface area contributed by atoms with E-state index in [1.165, 1.54) is 0 Å². The maximum absolute atomic E-state index is 11.9. The van der Waals surface area contributed by atoms with E-state index < -0.39 is 17.8 Å². The lowest BCUT2D eigenvalue weighted by atomic mass is 10.0. The van der Waals surface area contributed by atoms with E-state index in [2.05, 4.69) is 0 Å². The van der Waals surface area contributed by atoms with E-state index in [0.29, 0.717) is 10.6 Å². The summed E-state index contributed by atoms with van der Waals surface area (Å²) in [5, 5.41) is 10.1. The average Bonchev–Trinajstić information content (AvgIpc) is 2.87. The number of nitrogens with zero attached hydrogens (tertiary/aromatic N) is 1. The van der Waals surface area contributed by atoms with Crippen molar-refractivity contribution in [2.75, 3.05) is 0 Å². The van der Waals surface area contributed by atoms with Crippen LogP contribution in [0.15, 0.2) is 48.5 Å². The fourth-order valence-corrected chi connectivity index (χ4v) is 2.46. The van der Waals surface area contributed by atoms with Crippen LogP contribution in [-0.4, -0.2) is 28.0 Å². The predicted octanol–water partition coefficient (Wildman–Crippen LogP) is 2.21.